The zero-order valence-corrected chi connectivity index (χ0v) is 9.63. The van der Waals surface area contributed by atoms with Gasteiger partial charge in [0.1, 0.15) is 0 Å². The van der Waals surface area contributed by atoms with Gasteiger partial charge in [-0.2, -0.15) is 0 Å². The van der Waals surface area contributed by atoms with Gasteiger partial charge in [0.15, 0.2) is 0 Å². The summed E-state index contributed by atoms with van der Waals surface area (Å²) in [5.74, 6) is 0.287. The average Bonchev–Trinajstić information content (AvgIpc) is 1.95. The average molecular weight is 188 g/mol. The van der Waals surface area contributed by atoms with Crippen LogP contribution in [0.5, 0.6) is 0 Å². The van der Waals surface area contributed by atoms with Gasteiger partial charge in [0.25, 0.3) is 0 Å². The van der Waals surface area contributed by atoms with Gasteiger partial charge in [-0.25, -0.2) is 0 Å². The lowest BCUT2D eigenvalue weighted by Gasteiger charge is -2.19. The maximum Gasteiger partial charge on any atom is 0.0796 e. The van der Waals surface area contributed by atoms with Crippen LogP contribution in [-0.2, 0) is 4.74 Å². The summed E-state index contributed by atoms with van der Waals surface area (Å²) in [6, 6.07) is 0. The van der Waals surface area contributed by atoms with Crippen LogP contribution in [0.15, 0.2) is 0 Å². The number of aliphatic hydroxyl groups is 1. The minimum Gasteiger partial charge on any atom is -0.390 e. The molecule has 0 aliphatic heterocycles. The Labute approximate surface area is 82.3 Å². The molecular weight excluding hydrogens is 164 g/mol. The summed E-state index contributed by atoms with van der Waals surface area (Å²) in [6.45, 7) is 11.8. The topological polar surface area (TPSA) is 29.5 Å². The highest BCUT2D eigenvalue weighted by Crippen LogP contribution is 2.18. The molecule has 0 saturated carbocycles. The van der Waals surface area contributed by atoms with E-state index in [0.29, 0.717) is 12.0 Å². The van der Waals surface area contributed by atoms with E-state index in [-0.39, 0.29) is 12.0 Å². The van der Waals surface area contributed by atoms with E-state index < -0.39 is 0 Å². The van der Waals surface area contributed by atoms with Crippen molar-refractivity contribution in [2.45, 2.75) is 47.1 Å². The second kappa shape index (κ2) is 5.61. The molecule has 0 aliphatic rings. The van der Waals surface area contributed by atoms with E-state index in [1.54, 1.807) is 0 Å². The number of hydrogen-bond acceptors (Lipinski definition) is 2. The lowest BCUT2D eigenvalue weighted by Crippen LogP contribution is -2.22. The van der Waals surface area contributed by atoms with Gasteiger partial charge in [-0.3, -0.25) is 0 Å². The Morgan fingerprint density at radius 2 is 1.77 bits per heavy atom. The fourth-order valence-corrected chi connectivity index (χ4v) is 0.775. The number of aliphatic hydroxyl groups excluding tert-OH is 1. The maximum atomic E-state index is 9.43. The molecule has 0 aromatic heterocycles. The van der Waals surface area contributed by atoms with Crippen molar-refractivity contribution in [3.8, 4) is 0 Å². The molecule has 0 spiro atoms. The Bertz CT molecular complexity index is 125. The first-order chi connectivity index (χ1) is 5.83. The summed E-state index contributed by atoms with van der Waals surface area (Å²) in [5.41, 5.74) is 0.322. The van der Waals surface area contributed by atoms with Crippen LogP contribution in [-0.4, -0.2) is 24.4 Å². The van der Waals surface area contributed by atoms with Crippen molar-refractivity contribution in [1.82, 2.24) is 0 Å². The largest absolute Gasteiger partial charge is 0.390 e. The molecule has 0 fully saturated rings. The lowest BCUT2D eigenvalue weighted by molar-refractivity contribution is 0.00581. The fraction of sp³-hybridized carbons (Fsp3) is 1.00. The summed E-state index contributed by atoms with van der Waals surface area (Å²) in [4.78, 5) is 0. The Morgan fingerprint density at radius 3 is 2.15 bits per heavy atom. The van der Waals surface area contributed by atoms with Crippen LogP contribution in [0, 0.1) is 11.3 Å². The number of hydrogen-bond donors (Lipinski definition) is 1. The van der Waals surface area contributed by atoms with Crippen LogP contribution >= 0.6 is 0 Å². The van der Waals surface area contributed by atoms with Crippen LogP contribution in [0.4, 0.5) is 0 Å². The van der Waals surface area contributed by atoms with Crippen LogP contribution in [0.3, 0.4) is 0 Å². The summed E-state index contributed by atoms with van der Waals surface area (Å²) >= 11 is 0. The molecule has 2 nitrogen and oxygen atoms in total. The number of ether oxygens (including phenoxy) is 1. The molecule has 1 unspecified atom stereocenters. The molecule has 2 heteroatoms. The summed E-state index contributed by atoms with van der Waals surface area (Å²) in [5, 5.41) is 9.43. The van der Waals surface area contributed by atoms with E-state index in [0.717, 1.165) is 13.0 Å². The first kappa shape index (κ1) is 12.9. The standard InChI is InChI=1S/C11H24O2/c1-9(2)10(12)8-13-7-6-11(3,4)5/h9-10,12H,6-8H2,1-5H3. The first-order valence-corrected chi connectivity index (χ1v) is 5.09. The predicted octanol–water partition coefficient (Wildman–Crippen LogP) is 2.46. The molecule has 0 aromatic rings. The highest BCUT2D eigenvalue weighted by molar-refractivity contribution is 4.61. The molecule has 0 heterocycles. The number of rotatable bonds is 5. The molecule has 13 heavy (non-hydrogen) atoms. The van der Waals surface area contributed by atoms with Crippen molar-refractivity contribution in [3.63, 3.8) is 0 Å². The zero-order valence-electron chi connectivity index (χ0n) is 9.63. The highest BCUT2D eigenvalue weighted by Gasteiger charge is 2.12. The van der Waals surface area contributed by atoms with Gasteiger partial charge in [-0.1, -0.05) is 34.6 Å². The minimum absolute atomic E-state index is 0.287. The van der Waals surface area contributed by atoms with Crippen molar-refractivity contribution < 1.29 is 9.84 Å². The molecule has 0 rings (SSSR count). The van der Waals surface area contributed by atoms with E-state index in [1.165, 1.54) is 0 Å². The first-order valence-electron chi connectivity index (χ1n) is 5.09. The molecular formula is C11H24O2. The smallest absolute Gasteiger partial charge is 0.0796 e. The third-order valence-corrected chi connectivity index (χ3v) is 2.05. The SMILES string of the molecule is CC(C)C(O)COCCC(C)(C)C. The highest BCUT2D eigenvalue weighted by atomic mass is 16.5. The van der Waals surface area contributed by atoms with Crippen molar-refractivity contribution in [3.05, 3.63) is 0 Å². The molecule has 1 atom stereocenters. The van der Waals surface area contributed by atoms with Crippen LogP contribution in [0.25, 0.3) is 0 Å². The summed E-state index contributed by atoms with van der Waals surface area (Å²) in [7, 11) is 0. The van der Waals surface area contributed by atoms with Crippen molar-refractivity contribution in [1.29, 1.82) is 0 Å². The molecule has 0 aliphatic carbocycles. The second-order valence-electron chi connectivity index (χ2n) is 5.20. The van der Waals surface area contributed by atoms with Gasteiger partial charge in [0.2, 0.25) is 0 Å². The molecule has 0 radical (unpaired) electrons. The van der Waals surface area contributed by atoms with E-state index in [2.05, 4.69) is 20.8 Å². The second-order valence-corrected chi connectivity index (χ2v) is 5.20. The van der Waals surface area contributed by atoms with Gasteiger partial charge in [0.05, 0.1) is 12.7 Å². The predicted molar refractivity (Wildman–Crippen MR) is 55.7 cm³/mol. The normalized spacial score (nSPS) is 15.0. The Kier molecular flexibility index (Phi) is 5.57. The molecule has 0 saturated heterocycles. The van der Waals surface area contributed by atoms with Crippen LogP contribution in [0.1, 0.15) is 41.0 Å². The molecule has 1 N–H and O–H groups in total. The van der Waals surface area contributed by atoms with Gasteiger partial charge in [0, 0.05) is 6.61 Å². The fourth-order valence-electron chi connectivity index (χ4n) is 0.775. The lowest BCUT2D eigenvalue weighted by atomic mass is 9.93. The van der Waals surface area contributed by atoms with E-state index in [4.69, 9.17) is 4.74 Å². The third kappa shape index (κ3) is 8.26. The van der Waals surface area contributed by atoms with E-state index >= 15 is 0 Å². The summed E-state index contributed by atoms with van der Waals surface area (Å²) < 4.78 is 5.38. The van der Waals surface area contributed by atoms with Gasteiger partial charge in [-0.15, -0.1) is 0 Å². The van der Waals surface area contributed by atoms with E-state index in [1.807, 2.05) is 13.8 Å². The monoisotopic (exact) mass is 188 g/mol. The quantitative estimate of drug-likeness (QED) is 0.672. The summed E-state index contributed by atoms with van der Waals surface area (Å²) in [6.07, 6.45) is 0.720. The van der Waals surface area contributed by atoms with Crippen molar-refractivity contribution in [2.24, 2.45) is 11.3 Å². The van der Waals surface area contributed by atoms with Crippen molar-refractivity contribution in [2.75, 3.05) is 13.2 Å². The third-order valence-electron chi connectivity index (χ3n) is 2.05. The van der Waals surface area contributed by atoms with Gasteiger partial charge in [-0.05, 0) is 17.8 Å². The van der Waals surface area contributed by atoms with Gasteiger partial charge >= 0.3 is 0 Å². The zero-order chi connectivity index (χ0) is 10.5. The molecule has 0 aromatic carbocycles. The Balaban J connectivity index is 3.36. The van der Waals surface area contributed by atoms with Gasteiger partial charge < -0.3 is 9.84 Å². The van der Waals surface area contributed by atoms with E-state index in [9.17, 15) is 5.11 Å². The van der Waals surface area contributed by atoms with Crippen LogP contribution < -0.4 is 0 Å². The van der Waals surface area contributed by atoms with Crippen LogP contribution in [0.2, 0.25) is 0 Å². The minimum atomic E-state index is -0.319. The Morgan fingerprint density at radius 1 is 1.23 bits per heavy atom. The maximum absolute atomic E-state index is 9.43. The molecule has 80 valence electrons. The molecule has 0 amide bonds. The Hall–Kier alpha value is -0.0800. The van der Waals surface area contributed by atoms with Crippen molar-refractivity contribution >= 4 is 0 Å². The molecule has 0 bridgehead atoms.